The van der Waals surface area contributed by atoms with Gasteiger partial charge in [0, 0.05) is 25.3 Å². The van der Waals surface area contributed by atoms with E-state index in [-0.39, 0.29) is 12.5 Å². The molecule has 1 fully saturated rings. The summed E-state index contributed by atoms with van der Waals surface area (Å²) in [6.07, 6.45) is 3.35. The Morgan fingerprint density at radius 1 is 1.27 bits per heavy atom. The third kappa shape index (κ3) is 4.76. The second kappa shape index (κ2) is 8.41. The average Bonchev–Trinajstić information content (AvgIpc) is 3.06. The molecule has 2 rings (SSSR count). The van der Waals surface area contributed by atoms with Gasteiger partial charge >= 0.3 is 0 Å². The Morgan fingerprint density at radius 3 is 2.73 bits per heavy atom. The fraction of sp³-hybridized carbons (Fsp3) is 0.529. The molecule has 0 aromatic heterocycles. The van der Waals surface area contributed by atoms with Crippen LogP contribution in [0.1, 0.15) is 32.3 Å². The van der Waals surface area contributed by atoms with E-state index in [4.69, 9.17) is 0 Å². The van der Waals surface area contributed by atoms with Crippen molar-refractivity contribution in [3.8, 4) is 0 Å². The highest BCUT2D eigenvalue weighted by molar-refractivity contribution is 5.94. The maximum atomic E-state index is 12.1. The van der Waals surface area contributed by atoms with Gasteiger partial charge in [0.1, 0.15) is 6.54 Å². The first-order valence-electron chi connectivity index (χ1n) is 8.15. The molecule has 0 atom stereocenters. The largest absolute Gasteiger partial charge is 0.357 e. The van der Waals surface area contributed by atoms with Gasteiger partial charge in [0.2, 0.25) is 5.91 Å². The van der Waals surface area contributed by atoms with Crippen LogP contribution in [0, 0.1) is 0 Å². The zero-order valence-electron chi connectivity index (χ0n) is 13.6. The summed E-state index contributed by atoms with van der Waals surface area (Å²) in [6.45, 7) is 7.15. The Morgan fingerprint density at radius 2 is 2.05 bits per heavy atom. The maximum Gasteiger partial charge on any atom is 0.246 e. The van der Waals surface area contributed by atoms with E-state index in [2.05, 4.69) is 33.5 Å². The van der Waals surface area contributed by atoms with Crippen molar-refractivity contribution in [1.82, 2.24) is 10.2 Å². The lowest BCUT2D eigenvalue weighted by Gasteiger charge is -2.20. The van der Waals surface area contributed by atoms with Crippen molar-refractivity contribution in [3.63, 3.8) is 0 Å². The molecule has 1 aliphatic heterocycles. The summed E-state index contributed by atoms with van der Waals surface area (Å²) in [7, 11) is 0. The minimum atomic E-state index is -0.0807. The Bertz CT molecular complexity index is 521. The van der Waals surface area contributed by atoms with Gasteiger partial charge in [0.05, 0.1) is 0 Å². The maximum absolute atomic E-state index is 12.1. The molecule has 22 heavy (non-hydrogen) atoms. The van der Waals surface area contributed by atoms with Crippen molar-refractivity contribution in [1.29, 1.82) is 0 Å². The van der Waals surface area contributed by atoms with Crippen LogP contribution < -0.4 is 10.6 Å². The molecule has 1 amide bonds. The fourth-order valence-electron chi connectivity index (χ4n) is 2.57. The number of anilines is 1. The van der Waals surface area contributed by atoms with E-state index < -0.39 is 0 Å². The van der Waals surface area contributed by atoms with Gasteiger partial charge in [-0.25, -0.2) is 4.99 Å². The van der Waals surface area contributed by atoms with Crippen LogP contribution in [0.2, 0.25) is 0 Å². The Kier molecular flexibility index (Phi) is 6.25. The van der Waals surface area contributed by atoms with Crippen LogP contribution in [0.3, 0.4) is 0 Å². The number of likely N-dealkylation sites (tertiary alicyclic amines) is 1. The molecule has 1 aromatic rings. The van der Waals surface area contributed by atoms with Crippen LogP contribution >= 0.6 is 0 Å². The SMILES string of the molecule is CCNC(=NCC(=O)Nc1cccc(CC)c1)N1CCCC1. The van der Waals surface area contributed by atoms with Crippen LogP contribution in [0.4, 0.5) is 5.69 Å². The van der Waals surface area contributed by atoms with E-state index in [0.717, 1.165) is 37.7 Å². The molecule has 1 saturated heterocycles. The predicted octanol–water partition coefficient (Wildman–Crippen LogP) is 2.25. The van der Waals surface area contributed by atoms with Crippen molar-refractivity contribution < 1.29 is 4.79 Å². The monoisotopic (exact) mass is 302 g/mol. The second-order valence-electron chi connectivity index (χ2n) is 5.47. The first-order valence-corrected chi connectivity index (χ1v) is 8.15. The molecule has 0 radical (unpaired) electrons. The number of rotatable bonds is 5. The Labute approximate surface area is 132 Å². The lowest BCUT2D eigenvalue weighted by Crippen LogP contribution is -2.40. The summed E-state index contributed by atoms with van der Waals surface area (Å²) in [4.78, 5) is 18.7. The average molecular weight is 302 g/mol. The molecule has 0 aliphatic carbocycles. The highest BCUT2D eigenvalue weighted by Crippen LogP contribution is 2.11. The molecule has 1 heterocycles. The predicted molar refractivity (Wildman–Crippen MR) is 91.2 cm³/mol. The van der Waals surface area contributed by atoms with Crippen molar-refractivity contribution >= 4 is 17.6 Å². The van der Waals surface area contributed by atoms with Crippen molar-refractivity contribution in [2.75, 3.05) is 31.5 Å². The molecule has 5 heteroatoms. The number of carbonyl (C=O) groups is 1. The van der Waals surface area contributed by atoms with E-state index in [1.54, 1.807) is 0 Å². The zero-order valence-corrected chi connectivity index (χ0v) is 13.6. The minimum Gasteiger partial charge on any atom is -0.357 e. The smallest absolute Gasteiger partial charge is 0.246 e. The topological polar surface area (TPSA) is 56.7 Å². The third-order valence-electron chi connectivity index (χ3n) is 3.73. The highest BCUT2D eigenvalue weighted by atomic mass is 16.1. The lowest BCUT2D eigenvalue weighted by atomic mass is 10.1. The summed E-state index contributed by atoms with van der Waals surface area (Å²) in [5, 5.41) is 6.17. The number of amides is 1. The van der Waals surface area contributed by atoms with Crippen LogP contribution in [0.5, 0.6) is 0 Å². The van der Waals surface area contributed by atoms with E-state index in [0.29, 0.717) is 0 Å². The molecule has 120 valence electrons. The number of guanidine groups is 1. The standard InChI is InChI=1S/C17H26N4O/c1-3-14-8-7-9-15(12-14)20-16(22)13-19-17(18-4-2)21-10-5-6-11-21/h7-9,12H,3-6,10-11,13H2,1-2H3,(H,18,19)(H,20,22). The molecule has 1 aromatic carbocycles. The van der Waals surface area contributed by atoms with Crippen molar-refractivity contribution in [2.45, 2.75) is 33.1 Å². The quantitative estimate of drug-likeness (QED) is 0.648. The number of hydrogen-bond acceptors (Lipinski definition) is 2. The first kappa shape index (κ1) is 16.3. The molecular weight excluding hydrogens is 276 g/mol. The normalized spacial score (nSPS) is 15.0. The van der Waals surface area contributed by atoms with Gasteiger partial charge in [0.25, 0.3) is 0 Å². The van der Waals surface area contributed by atoms with Crippen LogP contribution in [-0.4, -0.2) is 42.9 Å². The third-order valence-corrected chi connectivity index (χ3v) is 3.73. The van der Waals surface area contributed by atoms with Crippen molar-refractivity contribution in [3.05, 3.63) is 29.8 Å². The molecular formula is C17H26N4O. The summed E-state index contributed by atoms with van der Waals surface area (Å²) in [5.41, 5.74) is 2.05. The highest BCUT2D eigenvalue weighted by Gasteiger charge is 2.15. The minimum absolute atomic E-state index is 0.0807. The molecule has 0 spiro atoms. The zero-order chi connectivity index (χ0) is 15.8. The summed E-state index contributed by atoms with van der Waals surface area (Å²) in [6, 6.07) is 7.94. The van der Waals surface area contributed by atoms with Gasteiger partial charge in [-0.15, -0.1) is 0 Å². The molecule has 0 unspecified atom stereocenters. The Balaban J connectivity index is 1.92. The van der Waals surface area contributed by atoms with Crippen LogP contribution in [0.15, 0.2) is 29.3 Å². The van der Waals surface area contributed by atoms with E-state index in [1.165, 1.54) is 18.4 Å². The number of carbonyl (C=O) groups excluding carboxylic acids is 1. The number of aliphatic imine (C=N–C) groups is 1. The molecule has 0 bridgehead atoms. The summed E-state index contributed by atoms with van der Waals surface area (Å²) < 4.78 is 0. The summed E-state index contributed by atoms with van der Waals surface area (Å²) in [5.74, 6) is 0.764. The van der Waals surface area contributed by atoms with Gasteiger partial charge in [-0.1, -0.05) is 19.1 Å². The fourth-order valence-corrected chi connectivity index (χ4v) is 2.57. The first-order chi connectivity index (χ1) is 10.7. The van der Waals surface area contributed by atoms with Crippen LogP contribution in [-0.2, 0) is 11.2 Å². The number of nitrogens with zero attached hydrogens (tertiary/aromatic N) is 2. The van der Waals surface area contributed by atoms with Gasteiger partial charge in [-0.05, 0) is 43.9 Å². The molecule has 0 saturated carbocycles. The number of hydrogen-bond donors (Lipinski definition) is 2. The number of benzene rings is 1. The Hall–Kier alpha value is -2.04. The number of aryl methyl sites for hydroxylation is 1. The molecule has 1 aliphatic rings. The van der Waals surface area contributed by atoms with Gasteiger partial charge in [0.15, 0.2) is 5.96 Å². The van der Waals surface area contributed by atoms with E-state index in [1.807, 2.05) is 25.1 Å². The van der Waals surface area contributed by atoms with Crippen molar-refractivity contribution in [2.24, 2.45) is 4.99 Å². The van der Waals surface area contributed by atoms with E-state index >= 15 is 0 Å². The number of nitrogens with one attached hydrogen (secondary N) is 2. The molecule has 5 nitrogen and oxygen atoms in total. The second-order valence-corrected chi connectivity index (χ2v) is 5.47. The van der Waals surface area contributed by atoms with E-state index in [9.17, 15) is 4.79 Å². The van der Waals surface area contributed by atoms with Gasteiger partial charge < -0.3 is 15.5 Å². The van der Waals surface area contributed by atoms with Gasteiger partial charge in [-0.2, -0.15) is 0 Å². The van der Waals surface area contributed by atoms with Gasteiger partial charge in [-0.3, -0.25) is 4.79 Å². The summed E-state index contributed by atoms with van der Waals surface area (Å²) >= 11 is 0. The van der Waals surface area contributed by atoms with Crippen LogP contribution in [0.25, 0.3) is 0 Å². The molecule has 2 N–H and O–H groups in total. The lowest BCUT2D eigenvalue weighted by molar-refractivity contribution is -0.114.